The summed E-state index contributed by atoms with van der Waals surface area (Å²) in [7, 11) is 2.08. The Bertz CT molecular complexity index is 753. The highest BCUT2D eigenvalue weighted by Gasteiger charge is 2.33. The molecule has 0 bridgehead atoms. The van der Waals surface area contributed by atoms with Crippen molar-refractivity contribution in [2.24, 2.45) is 0 Å². The maximum Gasteiger partial charge on any atom is 0.154 e. The number of hydrogen-bond donors (Lipinski definition) is 1. The van der Waals surface area contributed by atoms with Crippen molar-refractivity contribution >= 4 is 17.3 Å². The Balaban J connectivity index is 1.60. The fraction of sp³-hybridized carbons (Fsp3) is 0.474. The van der Waals surface area contributed by atoms with Gasteiger partial charge in [0.1, 0.15) is 12.1 Å². The molecule has 3 heterocycles. The Morgan fingerprint density at radius 3 is 2.68 bits per heavy atom. The minimum Gasteiger partial charge on any atom is -0.340 e. The van der Waals surface area contributed by atoms with Crippen molar-refractivity contribution in [3.8, 4) is 0 Å². The lowest BCUT2D eigenvalue weighted by Gasteiger charge is -2.33. The molecule has 0 spiro atoms. The van der Waals surface area contributed by atoms with Crippen LogP contribution in [0.15, 0.2) is 30.6 Å². The van der Waals surface area contributed by atoms with Gasteiger partial charge in [-0.3, -0.25) is 5.01 Å². The van der Waals surface area contributed by atoms with E-state index in [-0.39, 0.29) is 0 Å². The first-order valence-electron chi connectivity index (χ1n) is 9.10. The molecule has 4 rings (SSSR count). The minimum atomic E-state index is 0.509. The predicted molar refractivity (Wildman–Crippen MR) is 101 cm³/mol. The molecule has 1 saturated heterocycles. The quantitative estimate of drug-likeness (QED) is 0.920. The molecular weight excluding hydrogens is 312 g/mol. The molecule has 0 saturated carbocycles. The van der Waals surface area contributed by atoms with Crippen molar-refractivity contribution < 1.29 is 0 Å². The Morgan fingerprint density at radius 1 is 1.12 bits per heavy atom. The van der Waals surface area contributed by atoms with Crippen molar-refractivity contribution in [3.63, 3.8) is 0 Å². The molecule has 2 aromatic rings. The van der Waals surface area contributed by atoms with Crippen molar-refractivity contribution in [2.45, 2.75) is 39.2 Å². The average molecular weight is 338 g/mol. The molecule has 0 amide bonds. The summed E-state index contributed by atoms with van der Waals surface area (Å²) in [5, 5.41) is 10.4. The first-order chi connectivity index (χ1) is 12.1. The third kappa shape index (κ3) is 3.07. The Labute approximate surface area is 149 Å². The fourth-order valence-electron chi connectivity index (χ4n) is 3.63. The zero-order valence-corrected chi connectivity index (χ0v) is 15.2. The van der Waals surface area contributed by atoms with Gasteiger partial charge >= 0.3 is 0 Å². The summed E-state index contributed by atoms with van der Waals surface area (Å²) in [6.45, 7) is 7.48. The van der Waals surface area contributed by atoms with Crippen LogP contribution in [0.1, 0.15) is 43.7 Å². The number of benzene rings is 1. The van der Waals surface area contributed by atoms with Crippen molar-refractivity contribution in [1.29, 1.82) is 0 Å². The number of aromatic nitrogens is 2. The summed E-state index contributed by atoms with van der Waals surface area (Å²) in [4.78, 5) is 9.04. The smallest absolute Gasteiger partial charge is 0.154 e. The third-order valence-electron chi connectivity index (χ3n) is 5.10. The number of nitrogens with one attached hydrogen (secondary N) is 1. The summed E-state index contributed by atoms with van der Waals surface area (Å²) in [5.74, 6) is 2.40. The van der Waals surface area contributed by atoms with E-state index >= 15 is 0 Å². The normalized spacial score (nSPS) is 18.2. The molecule has 0 unspecified atom stereocenters. The van der Waals surface area contributed by atoms with Crippen LogP contribution in [-0.4, -0.2) is 40.2 Å². The molecule has 6 nitrogen and oxygen atoms in total. The second kappa shape index (κ2) is 6.61. The van der Waals surface area contributed by atoms with Crippen LogP contribution in [0.3, 0.4) is 0 Å². The Morgan fingerprint density at radius 2 is 1.92 bits per heavy atom. The maximum atomic E-state index is 4.52. The van der Waals surface area contributed by atoms with Crippen LogP contribution in [-0.2, 0) is 6.54 Å². The number of rotatable bonds is 4. The summed E-state index contributed by atoms with van der Waals surface area (Å²) in [6.07, 6.45) is 4.18. The van der Waals surface area contributed by atoms with Gasteiger partial charge in [-0.25, -0.2) is 15.0 Å². The monoisotopic (exact) mass is 338 g/mol. The Kier molecular flexibility index (Phi) is 4.31. The molecule has 1 N–H and O–H groups in total. The van der Waals surface area contributed by atoms with Gasteiger partial charge in [-0.05, 0) is 36.5 Å². The molecule has 6 heteroatoms. The van der Waals surface area contributed by atoms with E-state index in [9.17, 15) is 0 Å². The van der Waals surface area contributed by atoms with E-state index in [1.54, 1.807) is 6.33 Å². The summed E-state index contributed by atoms with van der Waals surface area (Å²) >= 11 is 0. The van der Waals surface area contributed by atoms with E-state index in [0.29, 0.717) is 5.92 Å². The van der Waals surface area contributed by atoms with E-state index in [2.05, 4.69) is 75.6 Å². The highest BCUT2D eigenvalue weighted by Crippen LogP contribution is 2.35. The SMILES string of the molecule is CC(C)c1cccc(Nc2ncnc3c2CN(N2CCCC2)N3C)c1. The van der Waals surface area contributed by atoms with Crippen LogP contribution >= 0.6 is 0 Å². The first kappa shape index (κ1) is 16.3. The second-order valence-corrected chi connectivity index (χ2v) is 7.14. The van der Waals surface area contributed by atoms with Crippen molar-refractivity contribution in [1.82, 2.24) is 20.1 Å². The van der Waals surface area contributed by atoms with Crippen LogP contribution in [0.25, 0.3) is 0 Å². The lowest BCUT2D eigenvalue weighted by molar-refractivity contribution is -0.00843. The van der Waals surface area contributed by atoms with Crippen LogP contribution in [0, 0.1) is 0 Å². The maximum absolute atomic E-state index is 4.52. The molecule has 1 aromatic heterocycles. The highest BCUT2D eigenvalue weighted by atomic mass is 15.9. The lowest BCUT2D eigenvalue weighted by Crippen LogP contribution is -2.46. The van der Waals surface area contributed by atoms with Gasteiger partial charge in [0.25, 0.3) is 0 Å². The van der Waals surface area contributed by atoms with Gasteiger partial charge in [0.2, 0.25) is 0 Å². The molecule has 132 valence electrons. The Hall–Kier alpha value is -2.18. The van der Waals surface area contributed by atoms with E-state index in [4.69, 9.17) is 0 Å². The summed E-state index contributed by atoms with van der Waals surface area (Å²) in [6, 6.07) is 8.57. The van der Waals surface area contributed by atoms with Crippen LogP contribution < -0.4 is 10.3 Å². The zero-order chi connectivity index (χ0) is 17.4. The number of fused-ring (bicyclic) bond motifs is 1. The largest absolute Gasteiger partial charge is 0.340 e. The number of anilines is 3. The summed E-state index contributed by atoms with van der Waals surface area (Å²) < 4.78 is 0. The molecule has 0 radical (unpaired) electrons. The predicted octanol–water partition coefficient (Wildman–Crippen LogP) is 3.52. The van der Waals surface area contributed by atoms with Gasteiger partial charge in [-0.1, -0.05) is 26.0 Å². The molecule has 2 aliphatic heterocycles. The number of nitrogens with zero attached hydrogens (tertiary/aromatic N) is 5. The number of hydrazine groups is 2. The molecule has 2 aliphatic rings. The number of hydrogen-bond acceptors (Lipinski definition) is 6. The van der Waals surface area contributed by atoms with Crippen LogP contribution in [0.4, 0.5) is 17.3 Å². The van der Waals surface area contributed by atoms with E-state index in [0.717, 1.165) is 42.5 Å². The molecule has 0 atom stereocenters. The zero-order valence-electron chi connectivity index (χ0n) is 15.2. The first-order valence-corrected chi connectivity index (χ1v) is 9.10. The highest BCUT2D eigenvalue weighted by molar-refractivity contribution is 5.67. The molecular formula is C19H26N6. The fourth-order valence-corrected chi connectivity index (χ4v) is 3.63. The van der Waals surface area contributed by atoms with Gasteiger partial charge in [-0.15, -0.1) is 5.12 Å². The standard InChI is InChI=1S/C19H26N6/c1-14(2)15-7-6-8-16(11-15)22-18-17-12-25(24-9-4-5-10-24)23(3)19(17)21-13-20-18/h6-8,11,13-14H,4-5,9-10,12H2,1-3H3,(H,20,21,22). The van der Waals surface area contributed by atoms with Gasteiger partial charge < -0.3 is 5.32 Å². The van der Waals surface area contributed by atoms with Crippen LogP contribution in [0.5, 0.6) is 0 Å². The van der Waals surface area contributed by atoms with Crippen molar-refractivity contribution in [2.75, 3.05) is 30.5 Å². The van der Waals surface area contributed by atoms with E-state index in [1.807, 2.05) is 0 Å². The van der Waals surface area contributed by atoms with Crippen molar-refractivity contribution in [3.05, 3.63) is 41.7 Å². The molecule has 1 aromatic carbocycles. The van der Waals surface area contributed by atoms with Gasteiger partial charge in [0.15, 0.2) is 5.82 Å². The molecule has 1 fully saturated rings. The van der Waals surface area contributed by atoms with Gasteiger partial charge in [0, 0.05) is 25.8 Å². The minimum absolute atomic E-state index is 0.509. The molecule has 25 heavy (non-hydrogen) atoms. The van der Waals surface area contributed by atoms with Crippen LogP contribution in [0.2, 0.25) is 0 Å². The molecule has 0 aliphatic carbocycles. The second-order valence-electron chi connectivity index (χ2n) is 7.14. The topological polar surface area (TPSA) is 47.5 Å². The summed E-state index contributed by atoms with van der Waals surface area (Å²) in [5.41, 5.74) is 3.56. The lowest BCUT2D eigenvalue weighted by atomic mass is 10.0. The van der Waals surface area contributed by atoms with Gasteiger partial charge in [0.05, 0.1) is 12.1 Å². The van der Waals surface area contributed by atoms with E-state index in [1.165, 1.54) is 18.4 Å². The average Bonchev–Trinajstić information content (AvgIpc) is 3.24. The van der Waals surface area contributed by atoms with Gasteiger partial charge in [-0.2, -0.15) is 0 Å². The third-order valence-corrected chi connectivity index (χ3v) is 5.10. The van der Waals surface area contributed by atoms with E-state index < -0.39 is 0 Å².